The summed E-state index contributed by atoms with van der Waals surface area (Å²) in [5.74, 6) is -0.251. The molecule has 17 heavy (non-hydrogen) atoms. The second kappa shape index (κ2) is 5.46. The van der Waals surface area contributed by atoms with Crippen molar-refractivity contribution in [2.45, 2.75) is 12.6 Å². The van der Waals surface area contributed by atoms with Gasteiger partial charge in [0.25, 0.3) is 0 Å². The molecule has 1 aromatic rings. The van der Waals surface area contributed by atoms with E-state index in [1.54, 1.807) is 0 Å². The molecule has 94 valence electrons. The standard InChI is InChI=1S/C9H10F3N3O2/c1-17-8(16)4-5-13-7-3-2-6(14-15-7)9(10,11)12/h2-3H,4-5H2,1H3,(H,13,15). The highest BCUT2D eigenvalue weighted by molar-refractivity contribution is 5.69. The summed E-state index contributed by atoms with van der Waals surface area (Å²) in [5.41, 5.74) is -1.06. The lowest BCUT2D eigenvalue weighted by atomic mass is 10.3. The second-order valence-electron chi connectivity index (χ2n) is 3.05. The van der Waals surface area contributed by atoms with Crippen LogP contribution in [0.15, 0.2) is 12.1 Å². The number of rotatable bonds is 4. The van der Waals surface area contributed by atoms with Gasteiger partial charge in [-0.15, -0.1) is 10.2 Å². The molecule has 1 N–H and O–H groups in total. The molecule has 0 unspecified atom stereocenters. The van der Waals surface area contributed by atoms with Gasteiger partial charge in [0.05, 0.1) is 13.5 Å². The van der Waals surface area contributed by atoms with Crippen molar-refractivity contribution in [3.05, 3.63) is 17.8 Å². The van der Waals surface area contributed by atoms with E-state index in [-0.39, 0.29) is 18.8 Å². The molecule has 1 rings (SSSR count). The smallest absolute Gasteiger partial charge is 0.435 e. The molecule has 8 heteroatoms. The van der Waals surface area contributed by atoms with Crippen molar-refractivity contribution in [1.29, 1.82) is 0 Å². The van der Waals surface area contributed by atoms with Gasteiger partial charge in [-0.1, -0.05) is 0 Å². The van der Waals surface area contributed by atoms with Crippen LogP contribution in [-0.2, 0) is 15.7 Å². The number of carbonyl (C=O) groups excluding carboxylic acids is 1. The van der Waals surface area contributed by atoms with Crippen molar-refractivity contribution in [3.8, 4) is 0 Å². The molecule has 0 bridgehead atoms. The maximum absolute atomic E-state index is 12.1. The lowest BCUT2D eigenvalue weighted by Crippen LogP contribution is -2.13. The van der Waals surface area contributed by atoms with E-state index in [0.29, 0.717) is 0 Å². The minimum atomic E-state index is -4.50. The van der Waals surface area contributed by atoms with E-state index in [0.717, 1.165) is 12.1 Å². The van der Waals surface area contributed by atoms with Gasteiger partial charge >= 0.3 is 12.1 Å². The van der Waals surface area contributed by atoms with E-state index < -0.39 is 17.8 Å². The number of hydrogen-bond acceptors (Lipinski definition) is 5. The largest absolute Gasteiger partial charge is 0.469 e. The number of methoxy groups -OCH3 is 1. The first kappa shape index (κ1) is 13.2. The first-order chi connectivity index (χ1) is 7.93. The van der Waals surface area contributed by atoms with E-state index in [1.165, 1.54) is 7.11 Å². The topological polar surface area (TPSA) is 64.1 Å². The lowest BCUT2D eigenvalue weighted by molar-refractivity contribution is -0.142. The van der Waals surface area contributed by atoms with Gasteiger partial charge in [0.2, 0.25) is 0 Å². The van der Waals surface area contributed by atoms with E-state index in [4.69, 9.17) is 0 Å². The predicted octanol–water partition coefficient (Wildman–Crippen LogP) is 1.47. The highest BCUT2D eigenvalue weighted by Gasteiger charge is 2.32. The number of nitrogens with one attached hydrogen (secondary N) is 1. The maximum atomic E-state index is 12.1. The third kappa shape index (κ3) is 4.25. The Kier molecular flexibility index (Phi) is 4.24. The molecule has 5 nitrogen and oxygen atoms in total. The Morgan fingerprint density at radius 2 is 2.12 bits per heavy atom. The molecule has 0 aliphatic heterocycles. The normalized spacial score (nSPS) is 11.1. The summed E-state index contributed by atoms with van der Waals surface area (Å²) in [5, 5.41) is 9.00. The van der Waals surface area contributed by atoms with Crippen LogP contribution in [-0.4, -0.2) is 29.8 Å². The maximum Gasteiger partial charge on any atom is 0.435 e. The van der Waals surface area contributed by atoms with E-state index >= 15 is 0 Å². The van der Waals surface area contributed by atoms with Crippen molar-refractivity contribution in [1.82, 2.24) is 10.2 Å². The zero-order chi connectivity index (χ0) is 12.9. The van der Waals surface area contributed by atoms with Crippen LogP contribution in [0.25, 0.3) is 0 Å². The van der Waals surface area contributed by atoms with Crippen LogP contribution >= 0.6 is 0 Å². The summed E-state index contributed by atoms with van der Waals surface area (Å²) < 4.78 is 40.8. The highest BCUT2D eigenvalue weighted by atomic mass is 19.4. The second-order valence-corrected chi connectivity index (χ2v) is 3.05. The number of halogens is 3. The molecule has 0 fully saturated rings. The minimum Gasteiger partial charge on any atom is -0.469 e. The Labute approximate surface area is 95.0 Å². The van der Waals surface area contributed by atoms with Crippen LogP contribution in [0.1, 0.15) is 12.1 Å². The number of ether oxygens (including phenoxy) is 1. The Morgan fingerprint density at radius 1 is 1.41 bits per heavy atom. The van der Waals surface area contributed by atoms with Gasteiger partial charge in [-0.05, 0) is 12.1 Å². The molecule has 1 heterocycles. The number of nitrogens with zero attached hydrogens (tertiary/aromatic N) is 2. The molecular weight excluding hydrogens is 239 g/mol. The summed E-state index contributed by atoms with van der Waals surface area (Å²) in [6.45, 7) is 0.215. The van der Waals surface area contributed by atoms with Crippen LogP contribution in [0.3, 0.4) is 0 Å². The average molecular weight is 249 g/mol. The quantitative estimate of drug-likeness (QED) is 0.818. The summed E-state index contributed by atoms with van der Waals surface area (Å²) in [7, 11) is 1.25. The van der Waals surface area contributed by atoms with Crippen molar-refractivity contribution < 1.29 is 22.7 Å². The monoisotopic (exact) mass is 249 g/mol. The van der Waals surface area contributed by atoms with Gasteiger partial charge < -0.3 is 10.1 Å². The summed E-state index contributed by atoms with van der Waals surface area (Å²) in [6.07, 6.45) is -4.41. The highest BCUT2D eigenvalue weighted by Crippen LogP contribution is 2.26. The van der Waals surface area contributed by atoms with Crippen molar-refractivity contribution in [3.63, 3.8) is 0 Å². The molecule has 0 aliphatic rings. The zero-order valence-corrected chi connectivity index (χ0v) is 8.91. The number of alkyl halides is 3. The van der Waals surface area contributed by atoms with Crippen LogP contribution in [0.4, 0.5) is 19.0 Å². The fraction of sp³-hybridized carbons (Fsp3) is 0.444. The number of esters is 1. The van der Waals surface area contributed by atoms with Gasteiger partial charge in [-0.3, -0.25) is 4.79 Å². The Bertz CT molecular complexity index is 378. The van der Waals surface area contributed by atoms with Crippen molar-refractivity contribution in [2.75, 3.05) is 19.0 Å². The molecule has 0 amide bonds. The molecule has 1 aromatic heterocycles. The van der Waals surface area contributed by atoms with Crippen LogP contribution in [0, 0.1) is 0 Å². The summed E-state index contributed by atoms with van der Waals surface area (Å²) in [4.78, 5) is 10.7. The molecule has 0 saturated heterocycles. The molecule has 0 aliphatic carbocycles. The Balaban J connectivity index is 2.49. The molecule has 0 aromatic carbocycles. The summed E-state index contributed by atoms with van der Waals surface area (Å²) >= 11 is 0. The van der Waals surface area contributed by atoms with Crippen LogP contribution < -0.4 is 5.32 Å². The fourth-order valence-corrected chi connectivity index (χ4v) is 0.972. The molecular formula is C9H10F3N3O2. The van der Waals surface area contributed by atoms with Crippen molar-refractivity contribution >= 4 is 11.8 Å². The molecule has 0 radical (unpaired) electrons. The van der Waals surface area contributed by atoms with Crippen LogP contribution in [0.5, 0.6) is 0 Å². The first-order valence-corrected chi connectivity index (χ1v) is 4.65. The summed E-state index contributed by atoms with van der Waals surface area (Å²) in [6, 6.07) is 1.96. The Hall–Kier alpha value is -1.86. The zero-order valence-electron chi connectivity index (χ0n) is 8.91. The van der Waals surface area contributed by atoms with E-state index in [9.17, 15) is 18.0 Å². The molecule has 0 atom stereocenters. The average Bonchev–Trinajstić information content (AvgIpc) is 2.28. The van der Waals surface area contributed by atoms with Gasteiger partial charge in [-0.25, -0.2) is 0 Å². The van der Waals surface area contributed by atoms with E-state index in [1.807, 2.05) is 0 Å². The van der Waals surface area contributed by atoms with Crippen LogP contribution in [0.2, 0.25) is 0 Å². The minimum absolute atomic E-state index is 0.0964. The third-order valence-electron chi connectivity index (χ3n) is 1.82. The van der Waals surface area contributed by atoms with Gasteiger partial charge in [0.15, 0.2) is 5.69 Å². The molecule has 0 spiro atoms. The third-order valence-corrected chi connectivity index (χ3v) is 1.82. The number of carbonyl (C=O) groups is 1. The number of hydrogen-bond donors (Lipinski definition) is 1. The lowest BCUT2D eigenvalue weighted by Gasteiger charge is -2.06. The first-order valence-electron chi connectivity index (χ1n) is 4.65. The predicted molar refractivity (Wildman–Crippen MR) is 52.2 cm³/mol. The van der Waals surface area contributed by atoms with Gasteiger partial charge in [0.1, 0.15) is 5.82 Å². The molecule has 0 saturated carbocycles. The number of anilines is 1. The van der Waals surface area contributed by atoms with Gasteiger partial charge in [-0.2, -0.15) is 13.2 Å². The van der Waals surface area contributed by atoms with Crippen molar-refractivity contribution in [2.24, 2.45) is 0 Å². The van der Waals surface area contributed by atoms with E-state index in [2.05, 4.69) is 20.3 Å². The SMILES string of the molecule is COC(=O)CCNc1ccc(C(F)(F)F)nn1. The number of aromatic nitrogens is 2. The van der Waals surface area contributed by atoms with Gasteiger partial charge in [0, 0.05) is 6.54 Å². The Morgan fingerprint density at radius 3 is 2.59 bits per heavy atom. The fourth-order valence-electron chi connectivity index (χ4n) is 0.972.